The standard InChI is InChI=1S/C12H12F3NO2/c1-16(7-11(14)15)10-4-2-3-9(13)8(10)5-6-12(17)18/h2-6,11H,7H2,1H3,(H,17,18)/b6-5+. The summed E-state index contributed by atoms with van der Waals surface area (Å²) in [6, 6.07) is 3.97. The summed E-state index contributed by atoms with van der Waals surface area (Å²) in [7, 11) is 1.39. The molecule has 0 aliphatic carbocycles. The van der Waals surface area contributed by atoms with Gasteiger partial charge in [-0.25, -0.2) is 18.0 Å². The molecule has 0 unspecified atom stereocenters. The van der Waals surface area contributed by atoms with Crippen molar-refractivity contribution < 1.29 is 23.1 Å². The molecule has 1 aromatic carbocycles. The Bertz CT molecular complexity index is 461. The number of carbonyl (C=O) groups is 1. The number of nitrogens with zero attached hydrogens (tertiary/aromatic N) is 1. The first-order valence-corrected chi connectivity index (χ1v) is 5.10. The highest BCUT2D eigenvalue weighted by Crippen LogP contribution is 2.24. The van der Waals surface area contributed by atoms with Crippen LogP contribution in [0, 0.1) is 5.82 Å². The van der Waals surface area contributed by atoms with Crippen LogP contribution in [0.2, 0.25) is 0 Å². The van der Waals surface area contributed by atoms with E-state index in [0.717, 1.165) is 18.2 Å². The summed E-state index contributed by atoms with van der Waals surface area (Å²) in [5, 5.41) is 8.50. The van der Waals surface area contributed by atoms with Crippen LogP contribution in [0.25, 0.3) is 6.08 Å². The zero-order valence-electron chi connectivity index (χ0n) is 9.61. The van der Waals surface area contributed by atoms with Crippen molar-refractivity contribution in [3.8, 4) is 0 Å². The first kappa shape index (κ1) is 14.1. The highest BCUT2D eigenvalue weighted by Gasteiger charge is 2.13. The van der Waals surface area contributed by atoms with Crippen molar-refractivity contribution in [1.29, 1.82) is 0 Å². The fourth-order valence-electron chi connectivity index (χ4n) is 1.48. The van der Waals surface area contributed by atoms with Gasteiger partial charge in [0.05, 0.1) is 6.54 Å². The van der Waals surface area contributed by atoms with Crippen molar-refractivity contribution in [1.82, 2.24) is 0 Å². The van der Waals surface area contributed by atoms with E-state index in [2.05, 4.69) is 0 Å². The number of anilines is 1. The number of rotatable bonds is 5. The molecule has 0 radical (unpaired) electrons. The van der Waals surface area contributed by atoms with Crippen LogP contribution in [0.1, 0.15) is 5.56 Å². The van der Waals surface area contributed by atoms with Crippen molar-refractivity contribution in [2.24, 2.45) is 0 Å². The van der Waals surface area contributed by atoms with Gasteiger partial charge in [0, 0.05) is 24.4 Å². The summed E-state index contributed by atoms with van der Waals surface area (Å²) >= 11 is 0. The fourth-order valence-corrected chi connectivity index (χ4v) is 1.48. The monoisotopic (exact) mass is 259 g/mol. The number of hydrogen-bond donors (Lipinski definition) is 1. The minimum Gasteiger partial charge on any atom is -0.478 e. The molecule has 1 N–H and O–H groups in total. The minimum atomic E-state index is -2.56. The second-order valence-corrected chi connectivity index (χ2v) is 3.62. The molecule has 3 nitrogen and oxygen atoms in total. The third-order valence-electron chi connectivity index (χ3n) is 2.25. The predicted octanol–water partition coefficient (Wildman–Crippen LogP) is 2.62. The number of hydrogen-bond acceptors (Lipinski definition) is 2. The largest absolute Gasteiger partial charge is 0.478 e. The van der Waals surface area contributed by atoms with E-state index in [0.29, 0.717) is 0 Å². The van der Waals surface area contributed by atoms with Gasteiger partial charge in [-0.15, -0.1) is 0 Å². The Hall–Kier alpha value is -1.98. The maximum Gasteiger partial charge on any atom is 0.328 e. The molecule has 0 heterocycles. The van der Waals surface area contributed by atoms with E-state index in [-0.39, 0.29) is 11.3 Å². The van der Waals surface area contributed by atoms with Crippen molar-refractivity contribution in [3.63, 3.8) is 0 Å². The van der Waals surface area contributed by atoms with Gasteiger partial charge >= 0.3 is 5.97 Å². The van der Waals surface area contributed by atoms with Crippen LogP contribution < -0.4 is 4.90 Å². The van der Waals surface area contributed by atoms with Gasteiger partial charge in [0.25, 0.3) is 6.43 Å². The fraction of sp³-hybridized carbons (Fsp3) is 0.250. The maximum atomic E-state index is 13.5. The Kier molecular flexibility index (Phi) is 4.76. The second-order valence-electron chi connectivity index (χ2n) is 3.62. The van der Waals surface area contributed by atoms with Gasteiger partial charge < -0.3 is 10.0 Å². The molecule has 0 fully saturated rings. The molecular weight excluding hydrogens is 247 g/mol. The van der Waals surface area contributed by atoms with Gasteiger partial charge in [0.1, 0.15) is 5.82 Å². The lowest BCUT2D eigenvalue weighted by Gasteiger charge is -2.21. The molecule has 0 amide bonds. The average molecular weight is 259 g/mol. The first-order chi connectivity index (χ1) is 8.41. The molecule has 0 saturated heterocycles. The van der Waals surface area contributed by atoms with Crippen LogP contribution in [0.4, 0.5) is 18.9 Å². The number of aliphatic carboxylic acids is 1. The third-order valence-corrected chi connectivity index (χ3v) is 2.25. The molecule has 18 heavy (non-hydrogen) atoms. The molecule has 98 valence electrons. The van der Waals surface area contributed by atoms with E-state index in [9.17, 15) is 18.0 Å². The van der Waals surface area contributed by atoms with Crippen molar-refractivity contribution in [2.45, 2.75) is 6.43 Å². The van der Waals surface area contributed by atoms with E-state index in [1.807, 2.05) is 0 Å². The van der Waals surface area contributed by atoms with Crippen LogP contribution in [-0.4, -0.2) is 31.1 Å². The van der Waals surface area contributed by atoms with Crippen LogP contribution in [-0.2, 0) is 4.79 Å². The van der Waals surface area contributed by atoms with Gasteiger partial charge in [-0.05, 0) is 18.2 Å². The maximum absolute atomic E-state index is 13.5. The number of alkyl halides is 2. The minimum absolute atomic E-state index is 0.0250. The number of carboxylic acids is 1. The summed E-state index contributed by atoms with van der Waals surface area (Å²) in [5.41, 5.74) is 0.191. The summed E-state index contributed by atoms with van der Waals surface area (Å²) in [5.74, 6) is -1.90. The van der Waals surface area contributed by atoms with Gasteiger partial charge in [0.15, 0.2) is 0 Å². The van der Waals surface area contributed by atoms with Crippen LogP contribution in [0.3, 0.4) is 0 Å². The van der Waals surface area contributed by atoms with Gasteiger partial charge in [0.2, 0.25) is 0 Å². The summed E-state index contributed by atoms with van der Waals surface area (Å²) in [6.45, 7) is -0.558. The van der Waals surface area contributed by atoms with E-state index in [1.54, 1.807) is 0 Å². The number of benzene rings is 1. The molecule has 0 saturated carbocycles. The van der Waals surface area contributed by atoms with E-state index in [1.165, 1.54) is 24.1 Å². The zero-order valence-corrected chi connectivity index (χ0v) is 9.61. The first-order valence-electron chi connectivity index (χ1n) is 5.10. The highest BCUT2D eigenvalue weighted by molar-refractivity contribution is 5.87. The molecule has 0 bridgehead atoms. The lowest BCUT2D eigenvalue weighted by atomic mass is 10.1. The van der Waals surface area contributed by atoms with Crippen LogP contribution in [0.15, 0.2) is 24.3 Å². The zero-order chi connectivity index (χ0) is 13.7. The quantitative estimate of drug-likeness (QED) is 0.826. The molecule has 0 aromatic heterocycles. The molecule has 1 aromatic rings. The van der Waals surface area contributed by atoms with E-state index < -0.39 is 24.8 Å². The normalized spacial score (nSPS) is 11.2. The topological polar surface area (TPSA) is 40.5 Å². The summed E-state index contributed by atoms with van der Waals surface area (Å²) in [6.07, 6.45) is -0.748. The van der Waals surface area contributed by atoms with Crippen LogP contribution in [0.5, 0.6) is 0 Å². The van der Waals surface area contributed by atoms with Crippen molar-refractivity contribution in [2.75, 3.05) is 18.5 Å². The Balaban J connectivity index is 3.11. The number of halogens is 3. The predicted molar refractivity (Wildman–Crippen MR) is 62.3 cm³/mol. The van der Waals surface area contributed by atoms with E-state index in [4.69, 9.17) is 5.11 Å². The Morgan fingerprint density at radius 1 is 1.50 bits per heavy atom. The van der Waals surface area contributed by atoms with E-state index >= 15 is 0 Å². The Morgan fingerprint density at radius 3 is 2.72 bits per heavy atom. The molecule has 6 heteroatoms. The molecule has 0 aliphatic heterocycles. The smallest absolute Gasteiger partial charge is 0.328 e. The van der Waals surface area contributed by atoms with Gasteiger partial charge in [-0.3, -0.25) is 0 Å². The van der Waals surface area contributed by atoms with Gasteiger partial charge in [-0.2, -0.15) is 0 Å². The lowest BCUT2D eigenvalue weighted by molar-refractivity contribution is -0.131. The second kappa shape index (κ2) is 6.09. The highest BCUT2D eigenvalue weighted by atomic mass is 19.3. The van der Waals surface area contributed by atoms with Gasteiger partial charge in [-0.1, -0.05) is 6.07 Å². The Morgan fingerprint density at radius 2 is 2.17 bits per heavy atom. The summed E-state index contributed by atoms with van der Waals surface area (Å²) < 4.78 is 38.1. The molecule has 0 spiro atoms. The number of carboxylic acid groups (broad SMARTS) is 1. The molecule has 0 atom stereocenters. The Labute approximate surface area is 102 Å². The third kappa shape index (κ3) is 3.80. The van der Waals surface area contributed by atoms with Crippen LogP contribution >= 0.6 is 0 Å². The lowest BCUT2D eigenvalue weighted by Crippen LogP contribution is -2.24. The molecular formula is C12H12F3NO2. The SMILES string of the molecule is CN(CC(F)F)c1cccc(F)c1/C=C/C(=O)O. The average Bonchev–Trinajstić information content (AvgIpc) is 2.25. The van der Waals surface area contributed by atoms with Crippen molar-refractivity contribution in [3.05, 3.63) is 35.7 Å². The molecule has 1 rings (SSSR count). The molecule has 0 aliphatic rings. The van der Waals surface area contributed by atoms with Crippen molar-refractivity contribution >= 4 is 17.7 Å². The summed E-state index contributed by atoms with van der Waals surface area (Å²) in [4.78, 5) is 11.6.